The standard InChI is InChI=1S/C11H15BrO2/c1-7(13)9-5-4-8(12)6-10(9)11(2,3)14/h4-7,13-14H,1-3H3. The van der Waals surface area contributed by atoms with Crippen molar-refractivity contribution in [3.8, 4) is 0 Å². The molecular formula is C11H15BrO2. The average Bonchev–Trinajstić information content (AvgIpc) is 2.01. The molecular weight excluding hydrogens is 244 g/mol. The minimum Gasteiger partial charge on any atom is -0.389 e. The van der Waals surface area contributed by atoms with Gasteiger partial charge < -0.3 is 10.2 Å². The zero-order valence-corrected chi connectivity index (χ0v) is 10.2. The van der Waals surface area contributed by atoms with Crippen LogP contribution >= 0.6 is 15.9 Å². The zero-order valence-electron chi connectivity index (χ0n) is 8.58. The Morgan fingerprint density at radius 3 is 2.36 bits per heavy atom. The predicted octanol–water partition coefficient (Wildman–Crippen LogP) is 2.73. The number of hydrogen-bond donors (Lipinski definition) is 2. The highest BCUT2D eigenvalue weighted by atomic mass is 79.9. The maximum atomic E-state index is 9.91. The van der Waals surface area contributed by atoms with E-state index in [1.165, 1.54) is 0 Å². The number of benzene rings is 1. The summed E-state index contributed by atoms with van der Waals surface area (Å²) in [7, 11) is 0. The van der Waals surface area contributed by atoms with E-state index < -0.39 is 11.7 Å². The van der Waals surface area contributed by atoms with E-state index in [1.54, 1.807) is 20.8 Å². The summed E-state index contributed by atoms with van der Waals surface area (Å²) in [5, 5.41) is 19.4. The first-order chi connectivity index (χ1) is 6.32. The van der Waals surface area contributed by atoms with Gasteiger partial charge in [0.15, 0.2) is 0 Å². The summed E-state index contributed by atoms with van der Waals surface area (Å²) in [4.78, 5) is 0. The molecule has 2 nitrogen and oxygen atoms in total. The maximum Gasteiger partial charge on any atom is 0.0844 e. The van der Waals surface area contributed by atoms with Gasteiger partial charge in [0.25, 0.3) is 0 Å². The van der Waals surface area contributed by atoms with Crippen LogP contribution in [0.25, 0.3) is 0 Å². The predicted molar refractivity (Wildman–Crippen MR) is 60.0 cm³/mol. The number of hydrogen-bond acceptors (Lipinski definition) is 2. The molecule has 1 aromatic rings. The average molecular weight is 259 g/mol. The number of aliphatic hydroxyl groups excluding tert-OH is 1. The van der Waals surface area contributed by atoms with Gasteiger partial charge >= 0.3 is 0 Å². The van der Waals surface area contributed by atoms with Crippen molar-refractivity contribution in [2.45, 2.75) is 32.5 Å². The lowest BCUT2D eigenvalue weighted by atomic mass is 9.91. The minimum atomic E-state index is -0.934. The highest BCUT2D eigenvalue weighted by molar-refractivity contribution is 9.10. The van der Waals surface area contributed by atoms with Crippen LogP contribution in [0.2, 0.25) is 0 Å². The van der Waals surface area contributed by atoms with Crippen LogP contribution in [0.4, 0.5) is 0 Å². The Bertz CT molecular complexity index is 327. The Morgan fingerprint density at radius 2 is 1.93 bits per heavy atom. The summed E-state index contributed by atoms with van der Waals surface area (Å²) in [6, 6.07) is 5.52. The molecule has 0 saturated heterocycles. The van der Waals surface area contributed by atoms with Crippen LogP contribution in [0.15, 0.2) is 22.7 Å². The zero-order chi connectivity index (χ0) is 10.9. The van der Waals surface area contributed by atoms with Gasteiger partial charge in [-0.05, 0) is 44.0 Å². The third-order valence-corrected chi connectivity index (χ3v) is 2.62. The molecule has 0 radical (unpaired) electrons. The van der Waals surface area contributed by atoms with E-state index in [0.717, 1.165) is 15.6 Å². The molecule has 1 atom stereocenters. The van der Waals surface area contributed by atoms with Gasteiger partial charge in [0.05, 0.1) is 11.7 Å². The van der Waals surface area contributed by atoms with Gasteiger partial charge in [-0.3, -0.25) is 0 Å². The van der Waals surface area contributed by atoms with Crippen molar-refractivity contribution in [2.24, 2.45) is 0 Å². The van der Waals surface area contributed by atoms with Crippen molar-refractivity contribution in [3.05, 3.63) is 33.8 Å². The SMILES string of the molecule is CC(O)c1ccc(Br)cc1C(C)(C)O. The first-order valence-corrected chi connectivity index (χ1v) is 5.32. The molecule has 1 unspecified atom stereocenters. The second-order valence-corrected chi connectivity index (χ2v) is 4.88. The molecule has 2 N–H and O–H groups in total. The van der Waals surface area contributed by atoms with E-state index in [4.69, 9.17) is 0 Å². The molecule has 0 aromatic heterocycles. The Balaban J connectivity index is 3.30. The van der Waals surface area contributed by atoms with E-state index >= 15 is 0 Å². The van der Waals surface area contributed by atoms with E-state index in [2.05, 4.69) is 15.9 Å². The summed E-state index contributed by atoms with van der Waals surface area (Å²) in [6.45, 7) is 5.11. The maximum absolute atomic E-state index is 9.91. The molecule has 3 heteroatoms. The molecule has 1 aromatic carbocycles. The minimum absolute atomic E-state index is 0.565. The normalized spacial score (nSPS) is 14.1. The van der Waals surface area contributed by atoms with E-state index in [1.807, 2.05) is 18.2 Å². The molecule has 1 rings (SSSR count). The van der Waals surface area contributed by atoms with Crippen molar-refractivity contribution >= 4 is 15.9 Å². The van der Waals surface area contributed by atoms with Crippen LogP contribution in [0.5, 0.6) is 0 Å². The number of halogens is 1. The van der Waals surface area contributed by atoms with E-state index in [9.17, 15) is 10.2 Å². The number of aliphatic hydroxyl groups is 2. The molecule has 0 heterocycles. The van der Waals surface area contributed by atoms with E-state index in [0.29, 0.717) is 0 Å². The Kier molecular flexibility index (Phi) is 3.35. The van der Waals surface area contributed by atoms with Gasteiger partial charge in [0, 0.05) is 4.47 Å². The molecule has 0 aliphatic heterocycles. The molecule has 0 spiro atoms. The quantitative estimate of drug-likeness (QED) is 0.857. The van der Waals surface area contributed by atoms with Crippen LogP contribution in [-0.2, 0) is 5.60 Å². The fraction of sp³-hybridized carbons (Fsp3) is 0.455. The van der Waals surface area contributed by atoms with Crippen LogP contribution < -0.4 is 0 Å². The first-order valence-electron chi connectivity index (χ1n) is 4.52. The van der Waals surface area contributed by atoms with Crippen LogP contribution in [0.1, 0.15) is 38.0 Å². The van der Waals surface area contributed by atoms with Gasteiger partial charge in [-0.15, -0.1) is 0 Å². The molecule has 78 valence electrons. The fourth-order valence-electron chi connectivity index (χ4n) is 1.42. The fourth-order valence-corrected chi connectivity index (χ4v) is 1.78. The highest BCUT2D eigenvalue weighted by Crippen LogP contribution is 2.30. The monoisotopic (exact) mass is 258 g/mol. The van der Waals surface area contributed by atoms with Crippen molar-refractivity contribution in [1.82, 2.24) is 0 Å². The van der Waals surface area contributed by atoms with E-state index in [-0.39, 0.29) is 0 Å². The Hall–Kier alpha value is -0.380. The summed E-state index contributed by atoms with van der Waals surface area (Å²) in [6.07, 6.45) is -0.565. The van der Waals surface area contributed by atoms with Crippen LogP contribution in [0, 0.1) is 0 Å². The lowest BCUT2D eigenvalue weighted by Gasteiger charge is -2.23. The second kappa shape index (κ2) is 4.01. The van der Waals surface area contributed by atoms with Gasteiger partial charge in [-0.25, -0.2) is 0 Å². The second-order valence-electron chi connectivity index (χ2n) is 3.97. The first kappa shape index (κ1) is 11.7. The molecule has 0 aliphatic carbocycles. The lowest BCUT2D eigenvalue weighted by Crippen LogP contribution is -2.19. The summed E-state index contributed by atoms with van der Waals surface area (Å²) < 4.78 is 0.902. The molecule has 0 aliphatic rings. The molecule has 0 fully saturated rings. The van der Waals surface area contributed by atoms with Crippen molar-refractivity contribution in [2.75, 3.05) is 0 Å². The number of rotatable bonds is 2. The van der Waals surface area contributed by atoms with Crippen molar-refractivity contribution in [1.29, 1.82) is 0 Å². The third-order valence-electron chi connectivity index (χ3n) is 2.12. The van der Waals surface area contributed by atoms with Gasteiger partial charge in [0.2, 0.25) is 0 Å². The van der Waals surface area contributed by atoms with Gasteiger partial charge in [0.1, 0.15) is 0 Å². The van der Waals surface area contributed by atoms with Crippen LogP contribution in [0.3, 0.4) is 0 Å². The topological polar surface area (TPSA) is 40.5 Å². The summed E-state index contributed by atoms with van der Waals surface area (Å²) >= 11 is 3.35. The smallest absolute Gasteiger partial charge is 0.0844 e. The Morgan fingerprint density at radius 1 is 1.36 bits per heavy atom. The highest BCUT2D eigenvalue weighted by Gasteiger charge is 2.21. The molecule has 14 heavy (non-hydrogen) atoms. The van der Waals surface area contributed by atoms with Crippen molar-refractivity contribution < 1.29 is 10.2 Å². The molecule has 0 saturated carbocycles. The summed E-state index contributed by atoms with van der Waals surface area (Å²) in [5.41, 5.74) is 0.582. The lowest BCUT2D eigenvalue weighted by molar-refractivity contribution is 0.0737. The molecule has 0 amide bonds. The van der Waals surface area contributed by atoms with Gasteiger partial charge in [-0.2, -0.15) is 0 Å². The molecule has 0 bridgehead atoms. The Labute approximate surface area is 92.7 Å². The van der Waals surface area contributed by atoms with Crippen molar-refractivity contribution in [3.63, 3.8) is 0 Å². The van der Waals surface area contributed by atoms with Crippen LogP contribution in [-0.4, -0.2) is 10.2 Å². The summed E-state index contributed by atoms with van der Waals surface area (Å²) in [5.74, 6) is 0. The third kappa shape index (κ3) is 2.56. The largest absolute Gasteiger partial charge is 0.389 e. The van der Waals surface area contributed by atoms with Gasteiger partial charge in [-0.1, -0.05) is 22.0 Å².